The van der Waals surface area contributed by atoms with E-state index in [-0.39, 0.29) is 23.9 Å². The molecule has 1 aliphatic heterocycles. The zero-order valence-corrected chi connectivity index (χ0v) is 9.80. The van der Waals surface area contributed by atoms with Gasteiger partial charge in [-0.15, -0.1) is 11.6 Å². The van der Waals surface area contributed by atoms with Crippen molar-refractivity contribution in [2.45, 2.75) is 12.1 Å². The van der Waals surface area contributed by atoms with Crippen molar-refractivity contribution in [3.8, 4) is 0 Å². The summed E-state index contributed by atoms with van der Waals surface area (Å²) in [6.45, 7) is 1.18. The summed E-state index contributed by atoms with van der Waals surface area (Å²) >= 11 is 5.54. The third kappa shape index (κ3) is 2.05. The van der Waals surface area contributed by atoms with E-state index in [1.165, 1.54) is 0 Å². The number of aromatic nitrogens is 2. The Labute approximate surface area is 98.9 Å². The Bertz CT molecular complexity index is 355. The van der Waals surface area contributed by atoms with Crippen LogP contribution in [0.2, 0.25) is 0 Å². The smallest absolute Gasteiger partial charge is 0.237 e. The number of methoxy groups -OCH3 is 1. The molecule has 1 aromatic rings. The van der Waals surface area contributed by atoms with Gasteiger partial charge in [0.25, 0.3) is 0 Å². The molecular weight excluding hydrogens is 230 g/mol. The predicted octanol–water partition coefficient (Wildman–Crippen LogP) is 0.520. The SMILES string of the molecule is COC1CN(C(=O)CCl)CC1n1cccn1. The monoisotopic (exact) mass is 243 g/mol. The number of ether oxygens (including phenoxy) is 1. The van der Waals surface area contributed by atoms with Crippen LogP contribution in [0, 0.1) is 0 Å². The Morgan fingerprint density at radius 1 is 1.62 bits per heavy atom. The number of rotatable bonds is 3. The van der Waals surface area contributed by atoms with Gasteiger partial charge in [0, 0.05) is 32.6 Å². The lowest BCUT2D eigenvalue weighted by Crippen LogP contribution is -2.30. The molecule has 0 saturated carbocycles. The first-order valence-corrected chi connectivity index (χ1v) is 5.65. The molecule has 2 rings (SSSR count). The van der Waals surface area contributed by atoms with Crippen molar-refractivity contribution in [1.29, 1.82) is 0 Å². The molecule has 0 spiro atoms. The zero-order valence-electron chi connectivity index (χ0n) is 9.04. The van der Waals surface area contributed by atoms with Gasteiger partial charge in [0.2, 0.25) is 5.91 Å². The number of carbonyl (C=O) groups excluding carboxylic acids is 1. The van der Waals surface area contributed by atoms with Crippen LogP contribution >= 0.6 is 11.6 Å². The van der Waals surface area contributed by atoms with Crippen LogP contribution in [0.1, 0.15) is 6.04 Å². The molecule has 88 valence electrons. The Morgan fingerprint density at radius 2 is 2.44 bits per heavy atom. The summed E-state index contributed by atoms with van der Waals surface area (Å²) < 4.78 is 7.20. The maximum atomic E-state index is 11.5. The Balaban J connectivity index is 2.11. The van der Waals surface area contributed by atoms with E-state index >= 15 is 0 Å². The van der Waals surface area contributed by atoms with E-state index in [0.29, 0.717) is 13.1 Å². The van der Waals surface area contributed by atoms with Crippen molar-refractivity contribution in [3.05, 3.63) is 18.5 Å². The average Bonchev–Trinajstić information content (AvgIpc) is 2.95. The molecule has 1 aliphatic rings. The van der Waals surface area contributed by atoms with Gasteiger partial charge in [0.05, 0.1) is 12.1 Å². The van der Waals surface area contributed by atoms with Crippen molar-refractivity contribution in [2.75, 3.05) is 26.1 Å². The second-order valence-corrected chi connectivity index (χ2v) is 4.03. The second-order valence-electron chi connectivity index (χ2n) is 3.76. The standard InChI is InChI=1S/C10H14ClN3O2/c1-16-9-7-13(10(15)5-11)6-8(9)14-4-2-3-12-14/h2-4,8-9H,5-7H2,1H3. The van der Waals surface area contributed by atoms with Crippen LogP contribution in [0.4, 0.5) is 0 Å². The first-order valence-electron chi connectivity index (χ1n) is 5.12. The molecule has 0 N–H and O–H groups in total. The minimum absolute atomic E-state index is 0.0161. The lowest BCUT2D eigenvalue weighted by atomic mass is 10.2. The van der Waals surface area contributed by atoms with Gasteiger partial charge < -0.3 is 9.64 Å². The topological polar surface area (TPSA) is 47.4 Å². The minimum Gasteiger partial charge on any atom is -0.377 e. The van der Waals surface area contributed by atoms with Gasteiger partial charge in [-0.3, -0.25) is 9.48 Å². The maximum Gasteiger partial charge on any atom is 0.237 e. The fourth-order valence-electron chi connectivity index (χ4n) is 2.01. The van der Waals surface area contributed by atoms with Crippen LogP contribution in [0.5, 0.6) is 0 Å². The van der Waals surface area contributed by atoms with E-state index in [9.17, 15) is 4.79 Å². The number of hydrogen-bond acceptors (Lipinski definition) is 3. The predicted molar refractivity (Wildman–Crippen MR) is 59.4 cm³/mol. The van der Waals surface area contributed by atoms with Crippen LogP contribution in [0.25, 0.3) is 0 Å². The molecule has 2 atom stereocenters. The summed E-state index contributed by atoms with van der Waals surface area (Å²) in [6.07, 6.45) is 3.58. The number of hydrogen-bond donors (Lipinski definition) is 0. The molecule has 2 unspecified atom stereocenters. The molecule has 6 heteroatoms. The highest BCUT2D eigenvalue weighted by Crippen LogP contribution is 2.23. The summed E-state index contributed by atoms with van der Waals surface area (Å²) in [4.78, 5) is 13.2. The van der Waals surface area contributed by atoms with E-state index in [0.717, 1.165) is 0 Å². The summed E-state index contributed by atoms with van der Waals surface area (Å²) in [5, 5.41) is 4.18. The third-order valence-electron chi connectivity index (χ3n) is 2.87. The van der Waals surface area contributed by atoms with E-state index in [1.54, 1.807) is 18.2 Å². The van der Waals surface area contributed by atoms with Crippen LogP contribution in [0.3, 0.4) is 0 Å². The van der Waals surface area contributed by atoms with Gasteiger partial charge in [-0.2, -0.15) is 5.10 Å². The summed E-state index contributed by atoms with van der Waals surface area (Å²) in [6, 6.07) is 1.94. The number of carbonyl (C=O) groups is 1. The summed E-state index contributed by atoms with van der Waals surface area (Å²) in [5.74, 6) is -0.0409. The fourth-order valence-corrected chi connectivity index (χ4v) is 2.18. The van der Waals surface area contributed by atoms with Gasteiger partial charge in [0.1, 0.15) is 5.88 Å². The molecule has 0 aliphatic carbocycles. The Morgan fingerprint density at radius 3 is 3.00 bits per heavy atom. The van der Waals surface area contributed by atoms with Crippen molar-refractivity contribution in [2.24, 2.45) is 0 Å². The van der Waals surface area contributed by atoms with E-state index in [4.69, 9.17) is 16.3 Å². The number of alkyl halides is 1. The molecular formula is C10H14ClN3O2. The number of nitrogens with zero attached hydrogens (tertiary/aromatic N) is 3. The normalized spacial score (nSPS) is 25.0. The lowest BCUT2D eigenvalue weighted by Gasteiger charge is -2.16. The molecule has 5 nitrogen and oxygen atoms in total. The molecule has 1 aromatic heterocycles. The molecule has 0 bridgehead atoms. The first kappa shape index (κ1) is 11.4. The quantitative estimate of drug-likeness (QED) is 0.728. The van der Waals surface area contributed by atoms with E-state index in [2.05, 4.69) is 5.10 Å². The highest BCUT2D eigenvalue weighted by Gasteiger charge is 2.36. The summed E-state index contributed by atoms with van der Waals surface area (Å²) in [5.41, 5.74) is 0. The van der Waals surface area contributed by atoms with Crippen LogP contribution in [-0.4, -0.2) is 52.8 Å². The van der Waals surface area contributed by atoms with Crippen molar-refractivity contribution < 1.29 is 9.53 Å². The van der Waals surface area contributed by atoms with Crippen molar-refractivity contribution in [1.82, 2.24) is 14.7 Å². The lowest BCUT2D eigenvalue weighted by molar-refractivity contribution is -0.127. The average molecular weight is 244 g/mol. The second kappa shape index (κ2) is 4.84. The first-order chi connectivity index (χ1) is 7.76. The molecule has 16 heavy (non-hydrogen) atoms. The van der Waals surface area contributed by atoms with Crippen LogP contribution in [0.15, 0.2) is 18.5 Å². The number of amides is 1. The van der Waals surface area contributed by atoms with Gasteiger partial charge in [-0.1, -0.05) is 0 Å². The Hall–Kier alpha value is -1.07. The molecule has 1 saturated heterocycles. The van der Waals surface area contributed by atoms with Gasteiger partial charge >= 0.3 is 0 Å². The van der Waals surface area contributed by atoms with Crippen molar-refractivity contribution >= 4 is 17.5 Å². The minimum atomic E-state index is -0.0571. The van der Waals surface area contributed by atoms with Gasteiger partial charge in [-0.25, -0.2) is 0 Å². The van der Waals surface area contributed by atoms with Crippen LogP contribution < -0.4 is 0 Å². The van der Waals surface area contributed by atoms with Crippen molar-refractivity contribution in [3.63, 3.8) is 0 Å². The molecule has 0 aromatic carbocycles. The molecule has 0 radical (unpaired) electrons. The third-order valence-corrected chi connectivity index (χ3v) is 3.10. The number of likely N-dealkylation sites (tertiary alicyclic amines) is 1. The molecule has 1 amide bonds. The highest BCUT2D eigenvalue weighted by atomic mass is 35.5. The Kier molecular flexibility index (Phi) is 3.46. The largest absolute Gasteiger partial charge is 0.377 e. The number of halogens is 1. The van der Waals surface area contributed by atoms with E-state index in [1.807, 2.05) is 16.9 Å². The molecule has 1 fully saturated rings. The van der Waals surface area contributed by atoms with E-state index < -0.39 is 0 Å². The maximum absolute atomic E-state index is 11.5. The van der Waals surface area contributed by atoms with Gasteiger partial charge in [0.15, 0.2) is 0 Å². The van der Waals surface area contributed by atoms with Gasteiger partial charge in [-0.05, 0) is 6.07 Å². The van der Waals surface area contributed by atoms with Crippen LogP contribution in [-0.2, 0) is 9.53 Å². The zero-order chi connectivity index (χ0) is 11.5. The fraction of sp³-hybridized carbons (Fsp3) is 0.600. The highest BCUT2D eigenvalue weighted by molar-refractivity contribution is 6.27. The molecule has 2 heterocycles. The summed E-state index contributed by atoms with van der Waals surface area (Å²) in [7, 11) is 1.65.